The molecule has 2 aliphatic rings. The van der Waals surface area contributed by atoms with Crippen molar-refractivity contribution >= 4 is 18.0 Å². The number of carbonyl (C=O) groups is 2. The van der Waals surface area contributed by atoms with Gasteiger partial charge in [0.25, 0.3) is 5.91 Å². The summed E-state index contributed by atoms with van der Waals surface area (Å²) in [6.07, 6.45) is -3.16. The van der Waals surface area contributed by atoms with Crippen LogP contribution in [-0.4, -0.2) is 54.9 Å². The summed E-state index contributed by atoms with van der Waals surface area (Å²) in [7, 11) is 1.47. The largest absolute Gasteiger partial charge is 0.493 e. The number of carboxylic acids is 1. The van der Waals surface area contributed by atoms with Gasteiger partial charge in [-0.2, -0.15) is 13.2 Å². The van der Waals surface area contributed by atoms with Gasteiger partial charge in [0.05, 0.1) is 24.5 Å². The van der Waals surface area contributed by atoms with Crippen molar-refractivity contribution < 1.29 is 37.3 Å². The molecule has 1 aromatic carbocycles. The van der Waals surface area contributed by atoms with Crippen LogP contribution in [0, 0.1) is 11.8 Å². The van der Waals surface area contributed by atoms with Crippen LogP contribution in [0.4, 0.5) is 13.2 Å². The lowest BCUT2D eigenvalue weighted by Gasteiger charge is -2.23. The van der Waals surface area contributed by atoms with Crippen LogP contribution in [0.1, 0.15) is 5.56 Å². The summed E-state index contributed by atoms with van der Waals surface area (Å²) in [5.74, 6) is -5.04. The van der Waals surface area contributed by atoms with Crippen molar-refractivity contribution in [2.45, 2.75) is 6.18 Å². The standard InChI is InChI=1S/C17H16F3NO5/c1-25-13-4-2-3-9-5-10(8-26-14(9)13)15(22)21-6-11(16(23)24)12(7-21)17(18,19)20/h2-5,11-12H,6-8H2,1H3,(H,23,24)/t11-,12-/m1/s1. The summed E-state index contributed by atoms with van der Waals surface area (Å²) >= 11 is 0. The number of benzene rings is 1. The molecule has 0 unspecified atom stereocenters. The van der Waals surface area contributed by atoms with Crippen molar-refractivity contribution in [3.05, 3.63) is 29.3 Å². The molecule has 1 amide bonds. The van der Waals surface area contributed by atoms with E-state index in [9.17, 15) is 22.8 Å². The first-order valence-corrected chi connectivity index (χ1v) is 7.81. The van der Waals surface area contributed by atoms with Gasteiger partial charge in [0.1, 0.15) is 6.61 Å². The Bertz CT molecular complexity index is 774. The number of fused-ring (bicyclic) bond motifs is 1. The Morgan fingerprint density at radius 2 is 2.04 bits per heavy atom. The van der Waals surface area contributed by atoms with Gasteiger partial charge in [-0.3, -0.25) is 9.59 Å². The Balaban J connectivity index is 1.84. The van der Waals surface area contributed by atoms with Crippen LogP contribution in [0.3, 0.4) is 0 Å². The second kappa shape index (κ2) is 6.54. The maximum absolute atomic E-state index is 13.1. The minimum Gasteiger partial charge on any atom is -0.493 e. The summed E-state index contributed by atoms with van der Waals surface area (Å²) in [6, 6.07) is 5.07. The molecule has 26 heavy (non-hydrogen) atoms. The van der Waals surface area contributed by atoms with E-state index in [1.165, 1.54) is 13.2 Å². The van der Waals surface area contributed by atoms with E-state index < -0.39 is 43.0 Å². The van der Waals surface area contributed by atoms with Gasteiger partial charge in [-0.05, 0) is 12.1 Å². The van der Waals surface area contributed by atoms with Crippen molar-refractivity contribution in [1.82, 2.24) is 4.90 Å². The lowest BCUT2D eigenvalue weighted by molar-refractivity contribution is -0.188. The van der Waals surface area contributed by atoms with Crippen LogP contribution in [0.2, 0.25) is 0 Å². The molecule has 0 saturated carbocycles. The fourth-order valence-electron chi connectivity index (χ4n) is 3.22. The van der Waals surface area contributed by atoms with E-state index in [2.05, 4.69) is 0 Å². The SMILES string of the molecule is COc1cccc2c1OCC(C(=O)N1C[C@@H](C(F)(F)F)[C@H](C(=O)O)C1)=C2. The van der Waals surface area contributed by atoms with Crippen LogP contribution in [0.15, 0.2) is 23.8 Å². The Labute approximate surface area is 146 Å². The third-order valence-corrected chi connectivity index (χ3v) is 4.55. The number of hydrogen-bond acceptors (Lipinski definition) is 4. The van der Waals surface area contributed by atoms with Crippen LogP contribution in [0.25, 0.3) is 6.08 Å². The minimum atomic E-state index is -4.69. The highest BCUT2D eigenvalue weighted by Crippen LogP contribution is 2.39. The number of nitrogens with zero attached hydrogens (tertiary/aromatic N) is 1. The zero-order valence-electron chi connectivity index (χ0n) is 13.7. The highest BCUT2D eigenvalue weighted by atomic mass is 19.4. The van der Waals surface area contributed by atoms with E-state index in [0.29, 0.717) is 17.1 Å². The number of carboxylic acid groups (broad SMARTS) is 1. The number of aliphatic carboxylic acids is 1. The number of halogens is 3. The summed E-state index contributed by atoms with van der Waals surface area (Å²) in [5.41, 5.74) is 0.734. The summed E-state index contributed by atoms with van der Waals surface area (Å²) in [5, 5.41) is 9.05. The minimum absolute atomic E-state index is 0.128. The van der Waals surface area contributed by atoms with Crippen LogP contribution in [0.5, 0.6) is 11.5 Å². The topological polar surface area (TPSA) is 76.1 Å². The fourth-order valence-corrected chi connectivity index (χ4v) is 3.22. The Morgan fingerprint density at radius 1 is 1.31 bits per heavy atom. The highest BCUT2D eigenvalue weighted by molar-refractivity contribution is 5.99. The van der Waals surface area contributed by atoms with Crippen LogP contribution < -0.4 is 9.47 Å². The predicted molar refractivity (Wildman–Crippen MR) is 83.7 cm³/mol. The number of rotatable bonds is 3. The molecule has 1 saturated heterocycles. The first-order valence-electron chi connectivity index (χ1n) is 7.81. The Kier molecular flexibility index (Phi) is 4.55. The van der Waals surface area contributed by atoms with Gasteiger partial charge in [0.15, 0.2) is 11.5 Å². The zero-order valence-corrected chi connectivity index (χ0v) is 13.7. The van der Waals surface area contributed by atoms with E-state index >= 15 is 0 Å². The first-order chi connectivity index (χ1) is 12.2. The van der Waals surface area contributed by atoms with Crippen molar-refractivity contribution in [1.29, 1.82) is 0 Å². The number of para-hydroxylation sites is 1. The molecule has 1 N–H and O–H groups in total. The van der Waals surface area contributed by atoms with Gasteiger partial charge in [0, 0.05) is 18.7 Å². The molecule has 2 aliphatic heterocycles. The average Bonchev–Trinajstić information content (AvgIpc) is 3.06. The number of amides is 1. The van der Waals surface area contributed by atoms with E-state index in [1.807, 2.05) is 0 Å². The number of alkyl halides is 3. The molecule has 0 aliphatic carbocycles. The molecule has 6 nitrogen and oxygen atoms in total. The van der Waals surface area contributed by atoms with Gasteiger partial charge in [-0.15, -0.1) is 0 Å². The fraction of sp³-hybridized carbons (Fsp3) is 0.412. The first kappa shape index (κ1) is 18.1. The monoisotopic (exact) mass is 371 g/mol. The number of carbonyl (C=O) groups excluding carboxylic acids is 1. The third-order valence-electron chi connectivity index (χ3n) is 4.55. The Morgan fingerprint density at radius 3 is 2.62 bits per heavy atom. The molecule has 0 bridgehead atoms. The van der Waals surface area contributed by atoms with Gasteiger partial charge in [-0.25, -0.2) is 0 Å². The Hall–Kier alpha value is -2.71. The summed E-state index contributed by atoms with van der Waals surface area (Å²) in [4.78, 5) is 24.7. The predicted octanol–water partition coefficient (Wildman–Crippen LogP) is 2.19. The molecule has 2 atom stereocenters. The molecule has 140 valence electrons. The molecule has 0 radical (unpaired) electrons. The van der Waals surface area contributed by atoms with Crippen LogP contribution in [-0.2, 0) is 9.59 Å². The molecule has 1 aromatic rings. The summed E-state index contributed by atoms with van der Waals surface area (Å²) < 4.78 is 49.9. The number of methoxy groups -OCH3 is 1. The third kappa shape index (κ3) is 3.21. The molecular weight excluding hydrogens is 355 g/mol. The lowest BCUT2D eigenvalue weighted by atomic mass is 9.96. The molecule has 2 heterocycles. The van der Waals surface area contributed by atoms with Crippen LogP contribution >= 0.6 is 0 Å². The molecule has 3 rings (SSSR count). The molecular formula is C17H16F3NO5. The van der Waals surface area contributed by atoms with E-state index in [-0.39, 0.29) is 12.2 Å². The van der Waals surface area contributed by atoms with Gasteiger partial charge >= 0.3 is 12.1 Å². The second-order valence-electron chi connectivity index (χ2n) is 6.14. The summed E-state index contributed by atoms with van der Waals surface area (Å²) in [6.45, 7) is -1.29. The highest BCUT2D eigenvalue weighted by Gasteiger charge is 2.53. The molecule has 0 aromatic heterocycles. The van der Waals surface area contributed by atoms with Crippen molar-refractivity contribution in [3.8, 4) is 11.5 Å². The smallest absolute Gasteiger partial charge is 0.394 e. The van der Waals surface area contributed by atoms with Gasteiger partial charge in [-0.1, -0.05) is 12.1 Å². The molecule has 0 spiro atoms. The number of likely N-dealkylation sites (tertiary alicyclic amines) is 1. The number of ether oxygens (including phenoxy) is 2. The van der Waals surface area contributed by atoms with Gasteiger partial charge in [0.2, 0.25) is 0 Å². The van der Waals surface area contributed by atoms with E-state index in [4.69, 9.17) is 14.6 Å². The zero-order chi connectivity index (χ0) is 19.1. The van der Waals surface area contributed by atoms with Gasteiger partial charge < -0.3 is 19.5 Å². The molecule has 9 heteroatoms. The molecule has 1 fully saturated rings. The maximum atomic E-state index is 13.1. The van der Waals surface area contributed by atoms with E-state index in [1.54, 1.807) is 18.2 Å². The lowest BCUT2D eigenvalue weighted by Crippen LogP contribution is -2.35. The normalized spacial score (nSPS) is 22.3. The van der Waals surface area contributed by atoms with Crippen molar-refractivity contribution in [2.75, 3.05) is 26.8 Å². The quantitative estimate of drug-likeness (QED) is 0.882. The van der Waals surface area contributed by atoms with E-state index in [0.717, 1.165) is 4.90 Å². The second-order valence-corrected chi connectivity index (χ2v) is 6.14. The van der Waals surface area contributed by atoms with Crippen molar-refractivity contribution in [2.24, 2.45) is 11.8 Å². The average molecular weight is 371 g/mol. The van der Waals surface area contributed by atoms with Crippen molar-refractivity contribution in [3.63, 3.8) is 0 Å². The number of hydrogen-bond donors (Lipinski definition) is 1. The maximum Gasteiger partial charge on any atom is 0.394 e.